The highest BCUT2D eigenvalue weighted by molar-refractivity contribution is 6.32. The van der Waals surface area contributed by atoms with E-state index < -0.39 is 23.6 Å². The standard InChI is InChI=1S/C21H19ClF3N3O3/c1-2-30-17-10-13(11-26)9-16(22)18(17)31-20(29)14-5-4-8-28(12-14)19-15(21(23,24)25)6-3-7-27-19/h3,6-7,9-10,14H,2,4-5,8,12H2,1H3. The molecule has 0 radical (unpaired) electrons. The Hall–Kier alpha value is -2.99. The van der Waals surface area contributed by atoms with Crippen LogP contribution in [0.4, 0.5) is 19.0 Å². The second-order valence-corrected chi connectivity index (χ2v) is 7.32. The Morgan fingerprint density at radius 3 is 2.87 bits per heavy atom. The van der Waals surface area contributed by atoms with Crippen LogP contribution in [0.25, 0.3) is 0 Å². The number of anilines is 1. The van der Waals surface area contributed by atoms with Crippen molar-refractivity contribution >= 4 is 23.4 Å². The van der Waals surface area contributed by atoms with E-state index in [4.69, 9.17) is 26.3 Å². The van der Waals surface area contributed by atoms with Gasteiger partial charge in [-0.25, -0.2) is 4.98 Å². The number of esters is 1. The molecule has 1 saturated heterocycles. The molecule has 1 aliphatic rings. The Bertz CT molecular complexity index is 1010. The van der Waals surface area contributed by atoms with Gasteiger partial charge >= 0.3 is 12.1 Å². The van der Waals surface area contributed by atoms with Crippen LogP contribution in [0.1, 0.15) is 30.9 Å². The van der Waals surface area contributed by atoms with Crippen LogP contribution in [-0.2, 0) is 11.0 Å². The van der Waals surface area contributed by atoms with Crippen LogP contribution >= 0.6 is 11.6 Å². The normalized spacial score (nSPS) is 16.5. The van der Waals surface area contributed by atoms with Gasteiger partial charge in [-0.3, -0.25) is 4.79 Å². The van der Waals surface area contributed by atoms with Gasteiger partial charge in [0.1, 0.15) is 5.82 Å². The molecule has 0 N–H and O–H groups in total. The van der Waals surface area contributed by atoms with Gasteiger partial charge in [0.15, 0.2) is 11.5 Å². The third-order valence-electron chi connectivity index (χ3n) is 4.79. The lowest BCUT2D eigenvalue weighted by molar-refractivity contribution is -0.139. The smallest absolute Gasteiger partial charge is 0.419 e. The van der Waals surface area contributed by atoms with Crippen molar-refractivity contribution in [2.45, 2.75) is 25.9 Å². The largest absolute Gasteiger partial charge is 0.490 e. The van der Waals surface area contributed by atoms with Crippen LogP contribution in [0, 0.1) is 17.2 Å². The number of carbonyl (C=O) groups is 1. The molecule has 0 spiro atoms. The maximum absolute atomic E-state index is 13.4. The SMILES string of the molecule is CCOc1cc(C#N)cc(Cl)c1OC(=O)C1CCCN(c2ncccc2C(F)(F)F)C1. The van der Waals surface area contributed by atoms with E-state index in [-0.39, 0.29) is 41.1 Å². The van der Waals surface area contributed by atoms with Gasteiger partial charge in [0.05, 0.1) is 34.7 Å². The minimum absolute atomic E-state index is 0.0153. The molecule has 1 unspecified atom stereocenters. The molecule has 6 nitrogen and oxygen atoms in total. The van der Waals surface area contributed by atoms with E-state index in [2.05, 4.69) is 4.98 Å². The first kappa shape index (κ1) is 22.7. The lowest BCUT2D eigenvalue weighted by atomic mass is 9.97. The molecule has 2 heterocycles. The lowest BCUT2D eigenvalue weighted by Crippen LogP contribution is -2.41. The Balaban J connectivity index is 1.81. The van der Waals surface area contributed by atoms with Crippen molar-refractivity contribution in [2.24, 2.45) is 5.92 Å². The first-order valence-electron chi connectivity index (χ1n) is 9.59. The zero-order valence-corrected chi connectivity index (χ0v) is 17.3. The number of halogens is 4. The molecule has 3 rings (SSSR count). The first-order valence-corrected chi connectivity index (χ1v) is 9.97. The summed E-state index contributed by atoms with van der Waals surface area (Å²) in [5.74, 6) is -1.39. The minimum Gasteiger partial charge on any atom is -0.490 e. The van der Waals surface area contributed by atoms with E-state index in [0.717, 1.165) is 6.07 Å². The quantitative estimate of drug-likeness (QED) is 0.476. The van der Waals surface area contributed by atoms with E-state index in [1.165, 1.54) is 29.3 Å². The highest BCUT2D eigenvalue weighted by atomic mass is 35.5. The molecular formula is C21H19ClF3N3O3. The van der Waals surface area contributed by atoms with Gasteiger partial charge in [0.2, 0.25) is 0 Å². The number of hydrogen-bond donors (Lipinski definition) is 0. The summed E-state index contributed by atoms with van der Waals surface area (Å²) in [6, 6.07) is 6.90. The number of pyridine rings is 1. The van der Waals surface area contributed by atoms with Crippen LogP contribution in [0.2, 0.25) is 5.02 Å². The summed E-state index contributed by atoms with van der Waals surface area (Å²) in [5.41, 5.74) is -0.607. The number of nitrogens with zero attached hydrogens (tertiary/aromatic N) is 3. The second kappa shape index (κ2) is 9.43. The Morgan fingerprint density at radius 2 is 2.19 bits per heavy atom. The Morgan fingerprint density at radius 1 is 1.42 bits per heavy atom. The van der Waals surface area contributed by atoms with Gasteiger partial charge in [-0.05, 0) is 38.0 Å². The molecule has 10 heteroatoms. The van der Waals surface area contributed by atoms with Crippen molar-refractivity contribution in [3.63, 3.8) is 0 Å². The zero-order chi connectivity index (χ0) is 22.6. The number of ether oxygens (including phenoxy) is 2. The fourth-order valence-corrected chi connectivity index (χ4v) is 3.66. The fraction of sp³-hybridized carbons (Fsp3) is 0.381. The summed E-state index contributed by atoms with van der Waals surface area (Å²) < 4.78 is 51.0. The third-order valence-corrected chi connectivity index (χ3v) is 5.07. The van der Waals surface area contributed by atoms with Gasteiger partial charge in [-0.2, -0.15) is 18.4 Å². The van der Waals surface area contributed by atoms with Crippen molar-refractivity contribution in [2.75, 3.05) is 24.6 Å². The summed E-state index contributed by atoms with van der Waals surface area (Å²) >= 11 is 6.17. The van der Waals surface area contributed by atoms with E-state index in [1.807, 2.05) is 6.07 Å². The maximum atomic E-state index is 13.4. The van der Waals surface area contributed by atoms with Crippen LogP contribution in [0.3, 0.4) is 0 Å². The molecule has 0 saturated carbocycles. The lowest BCUT2D eigenvalue weighted by Gasteiger charge is -2.33. The highest BCUT2D eigenvalue weighted by Crippen LogP contribution is 2.39. The van der Waals surface area contributed by atoms with Gasteiger partial charge in [-0.15, -0.1) is 0 Å². The van der Waals surface area contributed by atoms with Crippen LogP contribution in [-0.4, -0.2) is 30.6 Å². The predicted molar refractivity (Wildman–Crippen MR) is 107 cm³/mol. The van der Waals surface area contributed by atoms with Gasteiger partial charge < -0.3 is 14.4 Å². The fourth-order valence-electron chi connectivity index (χ4n) is 3.41. The number of nitriles is 1. The topological polar surface area (TPSA) is 75.5 Å². The van der Waals surface area contributed by atoms with Gasteiger partial charge in [-0.1, -0.05) is 11.6 Å². The molecular weight excluding hydrogens is 435 g/mol. The Labute approximate surface area is 182 Å². The molecule has 1 aromatic carbocycles. The van der Waals surface area contributed by atoms with Crippen molar-refractivity contribution < 1.29 is 27.4 Å². The number of benzene rings is 1. The molecule has 0 bridgehead atoms. The minimum atomic E-state index is -4.56. The highest BCUT2D eigenvalue weighted by Gasteiger charge is 2.37. The summed E-state index contributed by atoms with van der Waals surface area (Å²) in [5, 5.41) is 9.12. The number of alkyl halides is 3. The second-order valence-electron chi connectivity index (χ2n) is 6.91. The Kier molecular flexibility index (Phi) is 6.91. The molecule has 1 aromatic heterocycles. The molecule has 1 aliphatic heterocycles. The van der Waals surface area contributed by atoms with Crippen molar-refractivity contribution in [1.82, 2.24) is 4.98 Å². The van der Waals surface area contributed by atoms with Gasteiger partial charge in [0.25, 0.3) is 0 Å². The predicted octanol–water partition coefficient (Wildman–Crippen LogP) is 4.85. The molecule has 2 aromatic rings. The average Bonchev–Trinajstić information content (AvgIpc) is 2.75. The molecule has 0 aliphatic carbocycles. The van der Waals surface area contributed by atoms with E-state index in [0.29, 0.717) is 19.4 Å². The average molecular weight is 454 g/mol. The number of aromatic nitrogens is 1. The zero-order valence-electron chi connectivity index (χ0n) is 16.6. The molecule has 1 fully saturated rings. The van der Waals surface area contributed by atoms with E-state index in [1.54, 1.807) is 6.92 Å². The number of rotatable bonds is 5. The summed E-state index contributed by atoms with van der Waals surface area (Å²) in [7, 11) is 0. The molecule has 0 amide bonds. The first-order chi connectivity index (χ1) is 14.7. The van der Waals surface area contributed by atoms with E-state index in [9.17, 15) is 18.0 Å². The summed E-state index contributed by atoms with van der Waals surface area (Å²) in [6.07, 6.45) is -2.33. The van der Waals surface area contributed by atoms with Crippen molar-refractivity contribution in [3.05, 3.63) is 46.6 Å². The molecule has 1 atom stereocenters. The number of carbonyl (C=O) groups excluding carboxylic acids is 1. The third kappa shape index (κ3) is 5.20. The maximum Gasteiger partial charge on any atom is 0.419 e. The summed E-state index contributed by atoms with van der Waals surface area (Å²) in [4.78, 5) is 18.2. The monoisotopic (exact) mass is 453 g/mol. The summed E-state index contributed by atoms with van der Waals surface area (Å²) in [6.45, 7) is 2.35. The van der Waals surface area contributed by atoms with Crippen LogP contribution in [0.15, 0.2) is 30.5 Å². The number of piperidine rings is 1. The van der Waals surface area contributed by atoms with Crippen molar-refractivity contribution in [3.8, 4) is 17.6 Å². The molecule has 31 heavy (non-hydrogen) atoms. The van der Waals surface area contributed by atoms with Crippen LogP contribution in [0.5, 0.6) is 11.5 Å². The number of hydrogen-bond acceptors (Lipinski definition) is 6. The van der Waals surface area contributed by atoms with Gasteiger partial charge in [0, 0.05) is 25.4 Å². The van der Waals surface area contributed by atoms with Crippen molar-refractivity contribution in [1.29, 1.82) is 5.26 Å². The van der Waals surface area contributed by atoms with E-state index >= 15 is 0 Å². The molecule has 164 valence electrons. The van der Waals surface area contributed by atoms with Crippen LogP contribution < -0.4 is 14.4 Å².